The first-order valence-corrected chi connectivity index (χ1v) is 9.09. The molecule has 130 valence electrons. The summed E-state index contributed by atoms with van der Waals surface area (Å²) in [4.78, 5) is 11.9. The van der Waals surface area contributed by atoms with E-state index in [-0.39, 0.29) is 18.9 Å². The molecule has 0 saturated carbocycles. The molecule has 0 bridgehead atoms. The number of hydrogen-bond acceptors (Lipinski definition) is 4. The van der Waals surface area contributed by atoms with Crippen LogP contribution in [-0.4, -0.2) is 41.1 Å². The second-order valence-corrected chi connectivity index (χ2v) is 7.28. The molecule has 0 saturated heterocycles. The van der Waals surface area contributed by atoms with Crippen LogP contribution < -0.4 is 10.0 Å². The molecule has 0 fully saturated rings. The van der Waals surface area contributed by atoms with Gasteiger partial charge in [0, 0.05) is 33.2 Å². The molecule has 0 spiro atoms. The molecule has 0 aliphatic carbocycles. The summed E-state index contributed by atoms with van der Waals surface area (Å²) in [7, 11) is -2.01. The van der Waals surface area contributed by atoms with Gasteiger partial charge in [-0.25, -0.2) is 13.1 Å². The molecule has 0 aromatic heterocycles. The summed E-state index contributed by atoms with van der Waals surface area (Å²) >= 11 is 0. The molecule has 1 aromatic carbocycles. The fourth-order valence-electron chi connectivity index (χ4n) is 2.49. The van der Waals surface area contributed by atoms with Gasteiger partial charge < -0.3 is 10.1 Å². The Hall–Kier alpha value is -1.44. The van der Waals surface area contributed by atoms with Crippen LogP contribution in [-0.2, 0) is 19.6 Å². The summed E-state index contributed by atoms with van der Waals surface area (Å²) < 4.78 is 32.2. The number of carbonyl (C=O) groups is 1. The van der Waals surface area contributed by atoms with Crippen molar-refractivity contribution >= 4 is 15.9 Å². The Kier molecular flexibility index (Phi) is 7.67. The minimum absolute atomic E-state index is 0.0746. The highest BCUT2D eigenvalue weighted by Crippen LogP contribution is 2.21. The molecule has 6 nitrogen and oxygen atoms in total. The van der Waals surface area contributed by atoms with Gasteiger partial charge in [-0.15, -0.1) is 0 Å². The maximum absolute atomic E-state index is 12.4. The molecule has 2 N–H and O–H groups in total. The summed E-state index contributed by atoms with van der Waals surface area (Å²) in [6.07, 6.45) is 0.839. The highest BCUT2D eigenvalue weighted by Gasteiger charge is 2.19. The summed E-state index contributed by atoms with van der Waals surface area (Å²) in [5, 5.41) is 2.72. The topological polar surface area (TPSA) is 84.5 Å². The first kappa shape index (κ1) is 19.6. The SMILES string of the molecule is COCCCNC(=O)CCNS(=O)(=O)c1c(C)cc(C)cc1C. The quantitative estimate of drug-likeness (QED) is 0.665. The van der Waals surface area contributed by atoms with Crippen LogP contribution in [0.25, 0.3) is 0 Å². The van der Waals surface area contributed by atoms with E-state index in [1.165, 1.54) is 0 Å². The van der Waals surface area contributed by atoms with E-state index < -0.39 is 10.0 Å². The Morgan fingerprint density at radius 1 is 1.13 bits per heavy atom. The molecule has 0 atom stereocenters. The van der Waals surface area contributed by atoms with Crippen LogP contribution in [0.4, 0.5) is 0 Å². The van der Waals surface area contributed by atoms with Crippen LogP contribution in [0, 0.1) is 20.8 Å². The van der Waals surface area contributed by atoms with Crippen molar-refractivity contribution in [3.8, 4) is 0 Å². The molecule has 7 heteroatoms. The average Bonchev–Trinajstić information content (AvgIpc) is 2.41. The lowest BCUT2D eigenvalue weighted by atomic mass is 10.1. The monoisotopic (exact) mass is 342 g/mol. The number of methoxy groups -OCH3 is 1. The Balaban J connectivity index is 2.56. The summed E-state index contributed by atoms with van der Waals surface area (Å²) in [5.41, 5.74) is 2.44. The number of carbonyl (C=O) groups excluding carboxylic acids is 1. The largest absolute Gasteiger partial charge is 0.385 e. The van der Waals surface area contributed by atoms with E-state index in [4.69, 9.17) is 4.74 Å². The fraction of sp³-hybridized carbons (Fsp3) is 0.562. The van der Waals surface area contributed by atoms with E-state index in [1.54, 1.807) is 21.0 Å². The van der Waals surface area contributed by atoms with Crippen molar-refractivity contribution in [1.82, 2.24) is 10.0 Å². The molecule has 1 aromatic rings. The van der Waals surface area contributed by atoms with Gasteiger partial charge in [0.25, 0.3) is 0 Å². The van der Waals surface area contributed by atoms with E-state index >= 15 is 0 Å². The van der Waals surface area contributed by atoms with Crippen molar-refractivity contribution in [3.63, 3.8) is 0 Å². The number of ether oxygens (including phenoxy) is 1. The summed E-state index contributed by atoms with van der Waals surface area (Å²) in [6.45, 7) is 6.66. The third kappa shape index (κ3) is 6.29. The molecule has 0 radical (unpaired) electrons. The van der Waals surface area contributed by atoms with Gasteiger partial charge >= 0.3 is 0 Å². The Morgan fingerprint density at radius 2 is 1.74 bits per heavy atom. The highest BCUT2D eigenvalue weighted by molar-refractivity contribution is 7.89. The van der Waals surface area contributed by atoms with Crippen molar-refractivity contribution in [2.45, 2.75) is 38.5 Å². The van der Waals surface area contributed by atoms with Crippen molar-refractivity contribution < 1.29 is 17.9 Å². The van der Waals surface area contributed by atoms with Crippen molar-refractivity contribution in [1.29, 1.82) is 0 Å². The Labute approximate surface area is 138 Å². The minimum Gasteiger partial charge on any atom is -0.385 e. The van der Waals surface area contributed by atoms with Crippen LogP contribution in [0.3, 0.4) is 0 Å². The van der Waals surface area contributed by atoms with Gasteiger partial charge in [-0.1, -0.05) is 17.7 Å². The van der Waals surface area contributed by atoms with Crippen molar-refractivity contribution in [2.24, 2.45) is 0 Å². The van der Waals surface area contributed by atoms with Gasteiger partial charge in [0.15, 0.2) is 0 Å². The maximum atomic E-state index is 12.4. The average molecular weight is 342 g/mol. The van der Waals surface area contributed by atoms with Crippen LogP contribution in [0.15, 0.2) is 17.0 Å². The lowest BCUT2D eigenvalue weighted by Gasteiger charge is -2.13. The van der Waals surface area contributed by atoms with Crippen LogP contribution in [0.2, 0.25) is 0 Å². The first-order chi connectivity index (χ1) is 10.8. The smallest absolute Gasteiger partial charge is 0.241 e. The summed E-state index contributed by atoms with van der Waals surface area (Å²) in [6, 6.07) is 3.67. The zero-order valence-electron chi connectivity index (χ0n) is 14.2. The third-order valence-corrected chi connectivity index (χ3v) is 5.13. The minimum atomic E-state index is -3.61. The van der Waals surface area contributed by atoms with Crippen LogP contribution in [0.1, 0.15) is 29.5 Å². The Bertz CT molecular complexity index is 618. The normalized spacial score (nSPS) is 11.5. The molecular weight excluding hydrogens is 316 g/mol. The number of benzene rings is 1. The fourth-order valence-corrected chi connectivity index (χ4v) is 3.98. The lowest BCUT2D eigenvalue weighted by molar-refractivity contribution is -0.120. The predicted molar refractivity (Wildman–Crippen MR) is 90.0 cm³/mol. The van der Waals surface area contributed by atoms with E-state index in [0.717, 1.165) is 12.0 Å². The van der Waals surface area contributed by atoms with Gasteiger partial charge in [0.1, 0.15) is 0 Å². The first-order valence-electron chi connectivity index (χ1n) is 7.61. The molecule has 23 heavy (non-hydrogen) atoms. The van der Waals surface area contributed by atoms with Gasteiger partial charge in [-0.2, -0.15) is 0 Å². The van der Waals surface area contributed by atoms with E-state index in [9.17, 15) is 13.2 Å². The molecule has 0 unspecified atom stereocenters. The lowest BCUT2D eigenvalue weighted by Crippen LogP contribution is -2.32. The molecule has 0 aliphatic heterocycles. The van der Waals surface area contributed by atoms with Crippen LogP contribution in [0.5, 0.6) is 0 Å². The highest BCUT2D eigenvalue weighted by atomic mass is 32.2. The van der Waals surface area contributed by atoms with Gasteiger partial charge in [-0.05, 0) is 38.3 Å². The zero-order chi connectivity index (χ0) is 17.5. The number of sulfonamides is 1. The number of aryl methyl sites for hydroxylation is 3. The predicted octanol–water partition coefficient (Wildman–Crippen LogP) is 1.43. The van der Waals surface area contributed by atoms with Crippen molar-refractivity contribution in [3.05, 3.63) is 28.8 Å². The van der Waals surface area contributed by atoms with E-state index in [1.807, 2.05) is 19.1 Å². The van der Waals surface area contributed by atoms with Gasteiger partial charge in [-0.3, -0.25) is 4.79 Å². The molecule has 0 aliphatic rings. The van der Waals surface area contributed by atoms with E-state index in [2.05, 4.69) is 10.0 Å². The van der Waals surface area contributed by atoms with Gasteiger partial charge in [0.2, 0.25) is 15.9 Å². The molecule has 1 rings (SSSR count). The van der Waals surface area contributed by atoms with Crippen LogP contribution >= 0.6 is 0 Å². The number of hydrogen-bond donors (Lipinski definition) is 2. The van der Waals surface area contributed by atoms with Crippen molar-refractivity contribution in [2.75, 3.05) is 26.8 Å². The standard InChI is InChI=1S/C16H26N2O4S/c1-12-10-13(2)16(14(3)11-12)23(20,21)18-8-6-15(19)17-7-5-9-22-4/h10-11,18H,5-9H2,1-4H3,(H,17,19). The zero-order valence-corrected chi connectivity index (χ0v) is 15.0. The molecular formula is C16H26N2O4S. The summed E-state index contributed by atoms with van der Waals surface area (Å²) in [5.74, 6) is -0.179. The van der Waals surface area contributed by atoms with Gasteiger partial charge in [0.05, 0.1) is 4.90 Å². The molecule has 0 heterocycles. The Morgan fingerprint density at radius 3 is 2.30 bits per heavy atom. The maximum Gasteiger partial charge on any atom is 0.241 e. The second kappa shape index (κ2) is 9.00. The third-order valence-electron chi connectivity index (χ3n) is 3.36. The number of nitrogens with one attached hydrogen (secondary N) is 2. The second-order valence-electron chi connectivity index (χ2n) is 5.57. The van der Waals surface area contributed by atoms with E-state index in [0.29, 0.717) is 29.2 Å². The molecule has 1 amide bonds. The number of rotatable bonds is 9. The number of amides is 1.